The summed E-state index contributed by atoms with van der Waals surface area (Å²) < 4.78 is 0. The zero-order chi connectivity index (χ0) is 18.5. The molecule has 8 heteroatoms. The molecular formula is C17H19N3O5. The molecule has 3 rings (SSSR count). The highest BCUT2D eigenvalue weighted by Crippen LogP contribution is 2.58. The molecule has 0 radical (unpaired) electrons. The van der Waals surface area contributed by atoms with Crippen LogP contribution in [0.4, 0.5) is 16.2 Å². The Hall–Kier alpha value is -2.90. The van der Waals surface area contributed by atoms with Crippen LogP contribution in [0.1, 0.15) is 19.4 Å². The third-order valence-electron chi connectivity index (χ3n) is 4.94. The predicted molar refractivity (Wildman–Crippen MR) is 89.1 cm³/mol. The van der Waals surface area contributed by atoms with E-state index in [-0.39, 0.29) is 18.4 Å². The number of rotatable bonds is 4. The number of urea groups is 1. The monoisotopic (exact) mass is 345 g/mol. The third-order valence-corrected chi connectivity index (χ3v) is 4.94. The van der Waals surface area contributed by atoms with Crippen LogP contribution in [0.2, 0.25) is 0 Å². The van der Waals surface area contributed by atoms with Crippen LogP contribution in [0.25, 0.3) is 0 Å². The van der Waals surface area contributed by atoms with Crippen LogP contribution >= 0.6 is 0 Å². The Balaban J connectivity index is 1.82. The number of nitrogens with one attached hydrogen (secondary N) is 2. The van der Waals surface area contributed by atoms with Gasteiger partial charge >= 0.3 is 12.0 Å². The van der Waals surface area contributed by atoms with E-state index in [2.05, 4.69) is 10.6 Å². The SMILES string of the molecule is Cc1ccc(NC(=O)[C@@H]2[C@H](C(=O)O)C2(C)C)cc1N1C(=O)CNC1=O. The molecule has 1 aromatic rings. The van der Waals surface area contributed by atoms with Crippen molar-refractivity contribution in [1.82, 2.24) is 5.32 Å². The van der Waals surface area contributed by atoms with Crippen LogP contribution < -0.4 is 15.5 Å². The summed E-state index contributed by atoms with van der Waals surface area (Å²) in [4.78, 5) is 48.4. The normalized spacial score (nSPS) is 24.0. The number of nitrogens with zero attached hydrogens (tertiary/aromatic N) is 1. The first-order chi connectivity index (χ1) is 11.6. The number of amides is 4. The maximum absolute atomic E-state index is 12.4. The summed E-state index contributed by atoms with van der Waals surface area (Å²) in [5.41, 5.74) is 0.903. The van der Waals surface area contributed by atoms with E-state index in [4.69, 9.17) is 0 Å². The fourth-order valence-electron chi connectivity index (χ4n) is 3.40. The second-order valence-corrected chi connectivity index (χ2v) is 6.99. The smallest absolute Gasteiger partial charge is 0.329 e. The Kier molecular flexibility index (Phi) is 3.78. The van der Waals surface area contributed by atoms with Gasteiger partial charge in [-0.25, -0.2) is 9.69 Å². The standard InChI is InChI=1S/C17H19N3O5/c1-8-4-5-9(6-10(8)20-11(21)7-18-16(20)25)19-14(22)12-13(15(23)24)17(12,2)3/h4-6,12-13H,7H2,1-3H3,(H,18,25)(H,19,22)(H,23,24)/t12-,13+/m0/s1. The molecule has 1 aromatic carbocycles. The van der Waals surface area contributed by atoms with Gasteiger partial charge in [0.15, 0.2) is 0 Å². The molecule has 25 heavy (non-hydrogen) atoms. The van der Waals surface area contributed by atoms with Crippen molar-refractivity contribution in [3.05, 3.63) is 23.8 Å². The van der Waals surface area contributed by atoms with Crippen molar-refractivity contribution in [2.24, 2.45) is 17.3 Å². The molecule has 3 N–H and O–H groups in total. The van der Waals surface area contributed by atoms with E-state index in [1.54, 1.807) is 39.0 Å². The molecule has 1 aliphatic carbocycles. The van der Waals surface area contributed by atoms with Crippen LogP contribution in [0.5, 0.6) is 0 Å². The number of hydrogen-bond acceptors (Lipinski definition) is 4. The Bertz CT molecular complexity index is 785. The van der Waals surface area contributed by atoms with E-state index in [1.807, 2.05) is 0 Å². The van der Waals surface area contributed by atoms with E-state index in [1.165, 1.54) is 0 Å². The molecule has 0 unspecified atom stereocenters. The Morgan fingerprint density at radius 2 is 1.96 bits per heavy atom. The molecule has 0 aromatic heterocycles. The molecule has 1 saturated heterocycles. The predicted octanol–water partition coefficient (Wildman–Crippen LogP) is 1.35. The molecule has 1 heterocycles. The second kappa shape index (κ2) is 5.58. The van der Waals surface area contributed by atoms with E-state index in [0.717, 1.165) is 4.90 Å². The number of benzene rings is 1. The molecular weight excluding hydrogens is 326 g/mol. The Morgan fingerprint density at radius 1 is 1.28 bits per heavy atom. The summed E-state index contributed by atoms with van der Waals surface area (Å²) in [5.74, 6) is -3.08. The van der Waals surface area contributed by atoms with Gasteiger partial charge in [0.2, 0.25) is 5.91 Å². The summed E-state index contributed by atoms with van der Waals surface area (Å²) in [6.07, 6.45) is 0. The first kappa shape index (κ1) is 16.9. The van der Waals surface area contributed by atoms with Gasteiger partial charge < -0.3 is 15.7 Å². The largest absolute Gasteiger partial charge is 0.481 e. The lowest BCUT2D eigenvalue weighted by Crippen LogP contribution is -2.31. The zero-order valence-electron chi connectivity index (χ0n) is 14.1. The molecule has 1 aliphatic heterocycles. The van der Waals surface area contributed by atoms with E-state index >= 15 is 0 Å². The third kappa shape index (κ3) is 2.73. The molecule has 8 nitrogen and oxygen atoms in total. The van der Waals surface area contributed by atoms with Crippen LogP contribution in [-0.4, -0.2) is 35.5 Å². The van der Waals surface area contributed by atoms with Gasteiger partial charge in [0.25, 0.3) is 5.91 Å². The summed E-state index contributed by atoms with van der Waals surface area (Å²) in [6, 6.07) is 4.38. The lowest BCUT2D eigenvalue weighted by Gasteiger charge is -2.17. The Morgan fingerprint density at radius 3 is 2.48 bits per heavy atom. The molecule has 0 spiro atoms. The van der Waals surface area contributed by atoms with Crippen molar-refractivity contribution < 1.29 is 24.3 Å². The van der Waals surface area contributed by atoms with Gasteiger partial charge in [-0.1, -0.05) is 19.9 Å². The topological polar surface area (TPSA) is 116 Å². The summed E-state index contributed by atoms with van der Waals surface area (Å²) in [5, 5.41) is 14.3. The van der Waals surface area contributed by atoms with E-state index < -0.39 is 29.3 Å². The lowest BCUT2D eigenvalue weighted by molar-refractivity contribution is -0.140. The minimum atomic E-state index is -0.992. The molecule has 4 amide bonds. The van der Waals surface area contributed by atoms with Gasteiger partial charge in [-0.05, 0) is 30.0 Å². The lowest BCUT2D eigenvalue weighted by atomic mass is 10.1. The second-order valence-electron chi connectivity index (χ2n) is 6.99. The number of aliphatic carboxylic acids is 1. The van der Waals surface area contributed by atoms with Gasteiger partial charge in [0, 0.05) is 5.69 Å². The first-order valence-electron chi connectivity index (χ1n) is 7.89. The highest BCUT2D eigenvalue weighted by molar-refractivity contribution is 6.20. The molecule has 2 atom stereocenters. The number of carboxylic acid groups (broad SMARTS) is 1. The van der Waals surface area contributed by atoms with E-state index in [0.29, 0.717) is 16.9 Å². The van der Waals surface area contributed by atoms with Crippen molar-refractivity contribution in [3.8, 4) is 0 Å². The number of carboxylic acids is 1. The average molecular weight is 345 g/mol. The van der Waals surface area contributed by atoms with Gasteiger partial charge in [0.1, 0.15) is 0 Å². The van der Waals surface area contributed by atoms with Gasteiger partial charge in [0.05, 0.1) is 24.1 Å². The fourth-order valence-corrected chi connectivity index (χ4v) is 3.40. The highest BCUT2D eigenvalue weighted by Gasteiger charge is 2.65. The minimum Gasteiger partial charge on any atom is -0.481 e. The number of hydrogen-bond donors (Lipinski definition) is 3. The molecule has 132 valence electrons. The van der Waals surface area contributed by atoms with Crippen LogP contribution in [-0.2, 0) is 14.4 Å². The van der Waals surface area contributed by atoms with Crippen LogP contribution in [0.3, 0.4) is 0 Å². The van der Waals surface area contributed by atoms with Crippen molar-refractivity contribution in [1.29, 1.82) is 0 Å². The van der Waals surface area contributed by atoms with Crippen molar-refractivity contribution in [2.45, 2.75) is 20.8 Å². The molecule has 2 fully saturated rings. The van der Waals surface area contributed by atoms with Gasteiger partial charge in [-0.3, -0.25) is 14.4 Å². The number of anilines is 2. The van der Waals surface area contributed by atoms with Crippen molar-refractivity contribution in [2.75, 3.05) is 16.8 Å². The number of imide groups is 1. The summed E-state index contributed by atoms with van der Waals surface area (Å²) >= 11 is 0. The van der Waals surface area contributed by atoms with Crippen molar-refractivity contribution in [3.63, 3.8) is 0 Å². The van der Waals surface area contributed by atoms with Crippen LogP contribution in [0, 0.1) is 24.2 Å². The first-order valence-corrected chi connectivity index (χ1v) is 7.89. The zero-order valence-corrected chi connectivity index (χ0v) is 14.1. The fraction of sp³-hybridized carbons (Fsp3) is 0.412. The number of carbonyl (C=O) groups excluding carboxylic acids is 3. The Labute approximate surface area is 144 Å². The van der Waals surface area contributed by atoms with Gasteiger partial charge in [-0.15, -0.1) is 0 Å². The summed E-state index contributed by atoms with van der Waals surface area (Å²) in [7, 11) is 0. The van der Waals surface area contributed by atoms with Crippen molar-refractivity contribution >= 4 is 35.2 Å². The van der Waals surface area contributed by atoms with Crippen LogP contribution in [0.15, 0.2) is 18.2 Å². The number of aryl methyl sites for hydroxylation is 1. The maximum Gasteiger partial charge on any atom is 0.329 e. The quantitative estimate of drug-likeness (QED) is 0.712. The average Bonchev–Trinajstić information content (AvgIpc) is 2.96. The maximum atomic E-state index is 12.4. The summed E-state index contributed by atoms with van der Waals surface area (Å²) in [6.45, 7) is 5.17. The van der Waals surface area contributed by atoms with E-state index in [9.17, 15) is 24.3 Å². The number of carbonyl (C=O) groups is 4. The molecule has 2 aliphatic rings. The molecule has 0 bridgehead atoms. The molecule has 1 saturated carbocycles. The highest BCUT2D eigenvalue weighted by atomic mass is 16.4. The minimum absolute atomic E-state index is 0.0641. The van der Waals surface area contributed by atoms with Gasteiger partial charge in [-0.2, -0.15) is 0 Å².